The molecule has 0 atom stereocenters. The maximum Gasteiger partial charge on any atom is 0.237 e. The lowest BCUT2D eigenvalue weighted by Gasteiger charge is -2.30. The second-order valence-corrected chi connectivity index (χ2v) is 6.28. The van der Waals surface area contributed by atoms with Crippen molar-refractivity contribution in [3.8, 4) is 5.75 Å². The number of para-hydroxylation sites is 1. The number of aromatic hydroxyl groups is 1. The van der Waals surface area contributed by atoms with Gasteiger partial charge in [-0.05, 0) is 24.5 Å². The van der Waals surface area contributed by atoms with Crippen molar-refractivity contribution in [1.82, 2.24) is 0 Å². The van der Waals surface area contributed by atoms with E-state index < -0.39 is 10.0 Å². The molecule has 100 valence electrons. The van der Waals surface area contributed by atoms with Gasteiger partial charge in [-0.2, -0.15) is 0 Å². The van der Waals surface area contributed by atoms with Gasteiger partial charge >= 0.3 is 0 Å². The van der Waals surface area contributed by atoms with Crippen molar-refractivity contribution < 1.29 is 18.3 Å². The van der Waals surface area contributed by atoms with Crippen molar-refractivity contribution in [2.45, 2.75) is 12.8 Å². The van der Waals surface area contributed by atoms with Crippen LogP contribution in [0.5, 0.6) is 5.75 Å². The number of sulfonamides is 1. The minimum atomic E-state index is -3.43. The van der Waals surface area contributed by atoms with Crippen molar-refractivity contribution in [3.63, 3.8) is 0 Å². The summed E-state index contributed by atoms with van der Waals surface area (Å²) in [5.41, 5.74) is 1.31. The lowest BCUT2D eigenvalue weighted by molar-refractivity contribution is 0.217. The molecule has 0 aliphatic carbocycles. The summed E-state index contributed by atoms with van der Waals surface area (Å²) in [4.78, 5) is 0. The number of aryl methyl sites for hydroxylation is 1. The Morgan fingerprint density at radius 1 is 1.44 bits per heavy atom. The van der Waals surface area contributed by atoms with Crippen molar-refractivity contribution in [2.24, 2.45) is 0 Å². The molecule has 1 aliphatic rings. The number of methoxy groups -OCH3 is 1. The van der Waals surface area contributed by atoms with Crippen LogP contribution in [0.4, 0.5) is 5.69 Å². The highest BCUT2D eigenvalue weighted by molar-refractivity contribution is 7.92. The van der Waals surface area contributed by atoms with Crippen molar-refractivity contribution in [3.05, 3.63) is 23.8 Å². The quantitative estimate of drug-likeness (QED) is 0.891. The van der Waals surface area contributed by atoms with Gasteiger partial charge in [0.15, 0.2) is 0 Å². The summed E-state index contributed by atoms with van der Waals surface area (Å²) in [6, 6.07) is 5.11. The van der Waals surface area contributed by atoms with Gasteiger partial charge in [0.25, 0.3) is 0 Å². The van der Waals surface area contributed by atoms with E-state index >= 15 is 0 Å². The third-order valence-corrected chi connectivity index (χ3v) is 4.76. The number of fused-ring (bicyclic) bond motifs is 1. The predicted molar refractivity (Wildman–Crippen MR) is 69.4 cm³/mol. The lowest BCUT2D eigenvalue weighted by Crippen LogP contribution is -2.38. The van der Waals surface area contributed by atoms with Crippen LogP contribution in [0.2, 0.25) is 0 Å². The lowest BCUT2D eigenvalue weighted by atomic mass is 10.0. The highest BCUT2D eigenvalue weighted by atomic mass is 32.2. The fraction of sp³-hybridized carbons (Fsp3) is 0.500. The molecule has 18 heavy (non-hydrogen) atoms. The van der Waals surface area contributed by atoms with Gasteiger partial charge in [-0.1, -0.05) is 12.1 Å². The van der Waals surface area contributed by atoms with Crippen molar-refractivity contribution in [2.75, 3.05) is 30.3 Å². The van der Waals surface area contributed by atoms with Gasteiger partial charge in [-0.15, -0.1) is 0 Å². The first-order valence-electron chi connectivity index (χ1n) is 5.86. The van der Waals surface area contributed by atoms with E-state index in [0.29, 0.717) is 12.2 Å². The first kappa shape index (κ1) is 13.2. The van der Waals surface area contributed by atoms with Crippen molar-refractivity contribution >= 4 is 15.7 Å². The molecule has 0 saturated carbocycles. The zero-order valence-electron chi connectivity index (χ0n) is 10.3. The number of ether oxygens (including phenoxy) is 1. The fourth-order valence-corrected chi connectivity index (χ4v) is 3.66. The molecular formula is C12H17NO4S. The number of phenolic OH excluding ortho intramolecular Hbond substituents is 1. The fourth-order valence-electron chi connectivity index (χ4n) is 2.17. The molecule has 0 unspecified atom stereocenters. The number of rotatable bonds is 4. The van der Waals surface area contributed by atoms with E-state index in [4.69, 9.17) is 4.74 Å². The topological polar surface area (TPSA) is 66.8 Å². The summed E-state index contributed by atoms with van der Waals surface area (Å²) >= 11 is 0. The van der Waals surface area contributed by atoms with Crippen LogP contribution in [0.1, 0.15) is 12.0 Å². The van der Waals surface area contributed by atoms with E-state index in [-0.39, 0.29) is 18.1 Å². The first-order valence-corrected chi connectivity index (χ1v) is 7.47. The van der Waals surface area contributed by atoms with E-state index in [0.717, 1.165) is 18.4 Å². The van der Waals surface area contributed by atoms with Gasteiger partial charge in [-0.3, -0.25) is 4.31 Å². The number of anilines is 1. The van der Waals surface area contributed by atoms with Crippen LogP contribution in [0.25, 0.3) is 0 Å². The number of hydrogen-bond acceptors (Lipinski definition) is 4. The Labute approximate surface area is 107 Å². The Balaban J connectivity index is 2.38. The SMILES string of the molecule is COCCS(=O)(=O)N1CCCc2cccc(O)c21. The molecule has 0 amide bonds. The Morgan fingerprint density at radius 3 is 2.94 bits per heavy atom. The van der Waals surface area contributed by atoms with E-state index in [2.05, 4.69) is 0 Å². The molecule has 5 nitrogen and oxygen atoms in total. The molecule has 0 bridgehead atoms. The molecule has 1 aromatic carbocycles. The van der Waals surface area contributed by atoms with E-state index in [1.165, 1.54) is 17.5 Å². The molecule has 0 aromatic heterocycles. The summed E-state index contributed by atoms with van der Waals surface area (Å²) in [6.45, 7) is 0.568. The van der Waals surface area contributed by atoms with E-state index in [1.54, 1.807) is 6.07 Å². The number of hydrogen-bond donors (Lipinski definition) is 1. The van der Waals surface area contributed by atoms with Crippen LogP contribution >= 0.6 is 0 Å². The minimum Gasteiger partial charge on any atom is -0.506 e. The molecule has 0 saturated heterocycles. The monoisotopic (exact) mass is 271 g/mol. The summed E-state index contributed by atoms with van der Waals surface area (Å²) in [7, 11) is -1.96. The summed E-state index contributed by atoms with van der Waals surface area (Å²) < 4.78 is 30.5. The standard InChI is InChI=1S/C12H17NO4S/c1-17-8-9-18(15,16)13-7-3-5-10-4-2-6-11(14)12(10)13/h2,4,6,14H,3,5,7-9H2,1H3. The molecule has 1 N–H and O–H groups in total. The van der Waals surface area contributed by atoms with Crippen LogP contribution in [0.15, 0.2) is 18.2 Å². The minimum absolute atomic E-state index is 0.0215. The molecule has 0 spiro atoms. The Bertz CT molecular complexity index is 527. The summed E-state index contributed by atoms with van der Waals surface area (Å²) in [5, 5.41) is 9.88. The van der Waals surface area contributed by atoms with Crippen molar-refractivity contribution in [1.29, 1.82) is 0 Å². The van der Waals surface area contributed by atoms with Gasteiger partial charge < -0.3 is 9.84 Å². The molecule has 0 fully saturated rings. The Morgan fingerprint density at radius 2 is 2.22 bits per heavy atom. The zero-order chi connectivity index (χ0) is 13.2. The largest absolute Gasteiger partial charge is 0.506 e. The van der Waals surface area contributed by atoms with Gasteiger partial charge in [0, 0.05) is 13.7 Å². The maximum atomic E-state index is 12.2. The van der Waals surface area contributed by atoms with Crippen LogP contribution in [-0.4, -0.2) is 39.5 Å². The van der Waals surface area contributed by atoms with Crippen LogP contribution < -0.4 is 4.31 Å². The third-order valence-electron chi connectivity index (χ3n) is 3.04. The van der Waals surface area contributed by atoms with Gasteiger partial charge in [0.2, 0.25) is 10.0 Å². The van der Waals surface area contributed by atoms with Gasteiger partial charge in [-0.25, -0.2) is 8.42 Å². The predicted octanol–water partition coefficient (Wildman–Crippen LogP) is 1.12. The molecule has 6 heteroatoms. The maximum absolute atomic E-state index is 12.2. The van der Waals surface area contributed by atoms with Crippen LogP contribution in [0, 0.1) is 0 Å². The average Bonchev–Trinajstić information content (AvgIpc) is 2.36. The second kappa shape index (κ2) is 5.16. The molecule has 1 aromatic rings. The van der Waals surface area contributed by atoms with E-state index in [1.807, 2.05) is 6.07 Å². The highest BCUT2D eigenvalue weighted by Crippen LogP contribution is 2.36. The Kier molecular flexibility index (Phi) is 3.77. The number of nitrogens with zero attached hydrogens (tertiary/aromatic N) is 1. The number of benzene rings is 1. The Hall–Kier alpha value is -1.27. The summed E-state index contributed by atoms with van der Waals surface area (Å²) in [5.74, 6) is -0.0507. The molecule has 1 aliphatic heterocycles. The molecule has 2 rings (SSSR count). The second-order valence-electron chi connectivity index (χ2n) is 4.27. The summed E-state index contributed by atoms with van der Waals surface area (Å²) in [6.07, 6.45) is 1.56. The third kappa shape index (κ3) is 2.44. The number of phenols is 1. The van der Waals surface area contributed by atoms with Crippen LogP contribution in [0.3, 0.4) is 0 Å². The molecule has 1 heterocycles. The van der Waals surface area contributed by atoms with Crippen LogP contribution in [-0.2, 0) is 21.2 Å². The van der Waals surface area contributed by atoms with Gasteiger partial charge in [0.1, 0.15) is 5.75 Å². The molecule has 0 radical (unpaired) electrons. The molecular weight excluding hydrogens is 254 g/mol. The van der Waals surface area contributed by atoms with Gasteiger partial charge in [0.05, 0.1) is 18.0 Å². The normalized spacial score (nSPS) is 15.5. The zero-order valence-corrected chi connectivity index (χ0v) is 11.1. The average molecular weight is 271 g/mol. The first-order chi connectivity index (χ1) is 8.56. The highest BCUT2D eigenvalue weighted by Gasteiger charge is 2.29. The smallest absolute Gasteiger partial charge is 0.237 e. The van der Waals surface area contributed by atoms with E-state index in [9.17, 15) is 13.5 Å².